The first-order valence-corrected chi connectivity index (χ1v) is 26.4. The lowest BCUT2D eigenvalue weighted by Gasteiger charge is -2.17. The lowest BCUT2D eigenvalue weighted by molar-refractivity contribution is 0.413. The zero-order chi connectivity index (χ0) is 55.8. The number of fused-ring (bicyclic) bond motifs is 4. The van der Waals surface area contributed by atoms with Crippen molar-refractivity contribution >= 4 is 115 Å². The van der Waals surface area contributed by atoms with Gasteiger partial charge in [-0.1, -0.05) is 102 Å². The number of aromatic nitrogens is 2. The SMILES string of the molecule is COc1cc2c(cc1C#N)C(c1ccccc1Cl)=NC(=C(C)N(C)C)C(SC)=N2.COc1cc2c(cc1C#N)C(c1ccccc1Cl)=NCC(=S)N2.COc1cc2c(cc1C#N)C(c1ccccc1Cl)=Nc1c(n[nH]c1C)N2. The summed E-state index contributed by atoms with van der Waals surface area (Å²) in [7, 11) is 8.55. The molecule has 0 bridgehead atoms. The summed E-state index contributed by atoms with van der Waals surface area (Å²) >= 11 is 26.1. The van der Waals surface area contributed by atoms with Crippen molar-refractivity contribution in [2.75, 3.05) is 58.9 Å². The minimum atomic E-state index is 0.356. The Morgan fingerprint density at radius 3 is 1.58 bits per heavy atom. The maximum absolute atomic E-state index is 9.59. The van der Waals surface area contributed by atoms with Crippen LogP contribution in [0.5, 0.6) is 17.2 Å². The smallest absolute Gasteiger partial charge is 0.178 e. The van der Waals surface area contributed by atoms with Gasteiger partial charge in [0.15, 0.2) is 5.82 Å². The standard InChI is InChI=1S/C22H21ClN4OS.C19H14ClN5O.C17H12ClN3OS/c1-13(27(2)3)20-22(29-5)25-18-11-19(28-4)14(12-24)10-16(18)21(26-20)15-8-6-7-9-17(15)23;1-10-17-19(25-24-10)22-15-8-16(26-2)11(9-21)7-13(15)18(23-17)12-5-3-4-6-14(12)20;1-22-15-7-14-12(6-10(15)8-19)17(20-9-16(23)21-14)11-4-2-3-5-13(11)18/h6-11H,1-5H3;3-8H,1-2H3,(H2,22,24,25);2-7H,9H2,1H3,(H,21,23). The molecule has 390 valence electrons. The third kappa shape index (κ3) is 11.6. The molecule has 20 heteroatoms. The molecule has 4 heterocycles. The van der Waals surface area contributed by atoms with Gasteiger partial charge in [-0.15, -0.1) is 11.8 Å². The van der Waals surface area contributed by atoms with Crippen LogP contribution in [0.3, 0.4) is 0 Å². The molecule has 0 unspecified atom stereocenters. The van der Waals surface area contributed by atoms with Gasteiger partial charge in [0.05, 0.1) is 84.5 Å². The molecule has 15 nitrogen and oxygen atoms in total. The molecule has 3 N–H and O–H groups in total. The Kier molecular flexibility index (Phi) is 17.6. The molecule has 6 aromatic carbocycles. The number of methoxy groups -OCH3 is 3. The van der Waals surface area contributed by atoms with Crippen molar-refractivity contribution in [3.63, 3.8) is 0 Å². The molecule has 0 amide bonds. The predicted octanol–water partition coefficient (Wildman–Crippen LogP) is 13.5. The summed E-state index contributed by atoms with van der Waals surface area (Å²) in [5.74, 6) is 2.05. The van der Waals surface area contributed by atoms with E-state index in [4.69, 9.17) is 76.2 Å². The molecule has 1 aromatic heterocycles. The van der Waals surface area contributed by atoms with Crippen LogP contribution in [0.4, 0.5) is 28.6 Å². The number of aliphatic imine (C=N–C) groups is 4. The summed E-state index contributed by atoms with van der Waals surface area (Å²) in [6.45, 7) is 4.26. The van der Waals surface area contributed by atoms with E-state index in [1.807, 2.05) is 112 Å². The van der Waals surface area contributed by atoms with Crippen molar-refractivity contribution in [3.8, 4) is 35.5 Å². The third-order valence-corrected chi connectivity index (χ3v) is 14.3. The van der Waals surface area contributed by atoms with Crippen LogP contribution >= 0.6 is 58.8 Å². The van der Waals surface area contributed by atoms with Crippen LogP contribution in [0.25, 0.3) is 0 Å². The fourth-order valence-corrected chi connectivity index (χ4v) is 9.75. The van der Waals surface area contributed by atoms with Gasteiger partial charge in [0.1, 0.15) is 56.9 Å². The van der Waals surface area contributed by atoms with Crippen LogP contribution in [-0.4, -0.2) is 90.5 Å². The number of aromatic amines is 1. The second-order valence-electron chi connectivity index (χ2n) is 17.3. The van der Waals surface area contributed by atoms with Gasteiger partial charge in [-0.2, -0.15) is 20.9 Å². The summed E-state index contributed by atoms with van der Waals surface area (Å²) in [6.07, 6.45) is 1.97. The molecular formula is C58H47Cl3N12O3S2. The Bertz CT molecular complexity index is 3840. The van der Waals surface area contributed by atoms with E-state index >= 15 is 0 Å². The highest BCUT2D eigenvalue weighted by molar-refractivity contribution is 8.13. The second kappa shape index (κ2) is 24.7. The van der Waals surface area contributed by atoms with Crippen molar-refractivity contribution in [2.45, 2.75) is 13.8 Å². The number of nitriles is 3. The zero-order valence-electron chi connectivity index (χ0n) is 43.3. The number of benzene rings is 6. The third-order valence-electron chi connectivity index (χ3n) is 12.4. The molecule has 0 spiro atoms. The minimum Gasteiger partial charge on any atom is -0.495 e. The lowest BCUT2D eigenvalue weighted by Crippen LogP contribution is -2.14. The molecule has 7 aromatic rings. The largest absolute Gasteiger partial charge is 0.495 e. The summed E-state index contributed by atoms with van der Waals surface area (Å²) in [5, 5.41) is 44.6. The monoisotopic (exact) mass is 1130 g/mol. The number of nitrogens with zero attached hydrogens (tertiary/aromatic N) is 9. The molecule has 0 saturated carbocycles. The van der Waals surface area contributed by atoms with Gasteiger partial charge >= 0.3 is 0 Å². The first-order valence-electron chi connectivity index (χ1n) is 23.6. The number of halogens is 3. The molecule has 0 saturated heterocycles. The van der Waals surface area contributed by atoms with Crippen LogP contribution in [0.2, 0.25) is 15.1 Å². The van der Waals surface area contributed by atoms with Crippen LogP contribution in [-0.2, 0) is 0 Å². The maximum Gasteiger partial charge on any atom is 0.178 e. The average Bonchev–Trinajstić information content (AvgIpc) is 3.61. The van der Waals surface area contributed by atoms with Crippen molar-refractivity contribution in [1.82, 2.24) is 15.1 Å². The summed E-state index contributed by atoms with van der Waals surface area (Å²) < 4.78 is 16.0. The molecule has 0 radical (unpaired) electrons. The number of thiocarbonyl (C=S) groups is 1. The number of hydrogen-bond acceptors (Lipinski definition) is 15. The topological polar surface area (TPSA) is 204 Å². The van der Waals surface area contributed by atoms with E-state index in [9.17, 15) is 15.8 Å². The summed E-state index contributed by atoms with van der Waals surface area (Å²) in [6, 6.07) is 39.6. The van der Waals surface area contributed by atoms with Crippen LogP contribution in [0.1, 0.15) is 62.7 Å². The number of benzodiazepines with no additional fused rings is 1. The predicted molar refractivity (Wildman–Crippen MR) is 319 cm³/mol. The van der Waals surface area contributed by atoms with Crippen LogP contribution < -0.4 is 24.8 Å². The number of nitrogens with one attached hydrogen (secondary N) is 3. The molecule has 78 heavy (non-hydrogen) atoms. The number of ether oxygens (including phenoxy) is 3. The van der Waals surface area contributed by atoms with Gasteiger partial charge < -0.3 is 29.7 Å². The number of anilines is 3. The van der Waals surface area contributed by atoms with E-state index in [0.29, 0.717) is 94.9 Å². The summed E-state index contributed by atoms with van der Waals surface area (Å²) in [4.78, 5) is 21.9. The van der Waals surface area contributed by atoms with Crippen LogP contribution in [0.15, 0.2) is 141 Å². The quantitative estimate of drug-likeness (QED) is 0.128. The van der Waals surface area contributed by atoms with Gasteiger partial charge in [-0.25, -0.2) is 15.0 Å². The fraction of sp³-hybridized carbons (Fsp3) is 0.155. The Hall–Kier alpha value is -8.47. The van der Waals surface area contributed by atoms with E-state index in [2.05, 4.69) is 44.0 Å². The summed E-state index contributed by atoms with van der Waals surface area (Å²) in [5.41, 5.74) is 13.4. The Balaban J connectivity index is 0.000000155. The van der Waals surface area contributed by atoms with E-state index < -0.39 is 0 Å². The molecule has 0 atom stereocenters. The average molecular weight is 1130 g/mol. The number of rotatable bonds is 7. The Morgan fingerprint density at radius 1 is 0.628 bits per heavy atom. The molecule has 0 aliphatic carbocycles. The van der Waals surface area contributed by atoms with Crippen molar-refractivity contribution < 1.29 is 14.2 Å². The van der Waals surface area contributed by atoms with Gasteiger partial charge in [-0.3, -0.25) is 10.1 Å². The van der Waals surface area contributed by atoms with Crippen LogP contribution in [0, 0.1) is 40.9 Å². The number of hydrogen-bond donors (Lipinski definition) is 3. The number of aryl methyl sites for hydroxylation is 1. The van der Waals surface area contributed by atoms with Gasteiger partial charge in [0.2, 0.25) is 0 Å². The molecule has 10 rings (SSSR count). The van der Waals surface area contributed by atoms with E-state index in [1.54, 1.807) is 43.5 Å². The molecule has 3 aliphatic heterocycles. The van der Waals surface area contributed by atoms with Crippen molar-refractivity contribution in [2.24, 2.45) is 20.0 Å². The van der Waals surface area contributed by atoms with E-state index in [0.717, 1.165) is 66.9 Å². The fourth-order valence-electron chi connectivity index (χ4n) is 8.32. The van der Waals surface area contributed by atoms with Gasteiger partial charge in [0.25, 0.3) is 0 Å². The lowest BCUT2D eigenvalue weighted by atomic mass is 9.98. The number of allylic oxidation sites excluding steroid dienone is 1. The molecular weight excluding hydrogens is 1080 g/mol. The minimum absolute atomic E-state index is 0.356. The highest BCUT2D eigenvalue weighted by Crippen LogP contribution is 2.41. The van der Waals surface area contributed by atoms with E-state index in [1.165, 1.54) is 26.0 Å². The highest BCUT2D eigenvalue weighted by atomic mass is 35.5. The maximum atomic E-state index is 9.59. The van der Waals surface area contributed by atoms with Crippen molar-refractivity contribution in [1.29, 1.82) is 15.8 Å². The van der Waals surface area contributed by atoms with Crippen molar-refractivity contribution in [3.05, 3.63) is 191 Å². The normalized spacial score (nSPS) is 13.5. The number of thioether (sulfide) groups is 1. The molecule has 3 aliphatic rings. The Morgan fingerprint density at radius 2 is 1.09 bits per heavy atom. The Labute approximate surface area is 476 Å². The second-order valence-corrected chi connectivity index (χ2v) is 19.8. The molecule has 0 fully saturated rings. The number of H-pyrrole nitrogens is 1. The highest BCUT2D eigenvalue weighted by Gasteiger charge is 2.27. The zero-order valence-corrected chi connectivity index (χ0v) is 47.2. The van der Waals surface area contributed by atoms with Gasteiger partial charge in [-0.05, 0) is 56.5 Å². The van der Waals surface area contributed by atoms with E-state index in [-0.39, 0.29) is 0 Å². The first kappa shape index (κ1) is 55.8. The van der Waals surface area contributed by atoms with Gasteiger partial charge in [0, 0.05) is 86.4 Å². The first-order chi connectivity index (χ1) is 37.7.